The number of aryl methyl sites for hydroxylation is 1. The molecule has 4 aromatic rings. The number of nitrogens with one attached hydrogen (secondary N) is 3. The third-order valence-corrected chi connectivity index (χ3v) is 5.36. The summed E-state index contributed by atoms with van der Waals surface area (Å²) in [6, 6.07) is 9.19. The second-order valence-electron chi connectivity index (χ2n) is 8.00. The standard InChI is InChI=1S/C24H23F3N6O2/c25-24(26,27)14-30-23(35)32-18-6-3-4-16(10-18)20-13-29-22-11-17(8-9-33(20)22)21(34)7-2-1-5-19-12-28-15-31-19/h3-4,6,8-13,15H,1-2,5,7,14H2,(H,28,31)(H2,30,32,35). The summed E-state index contributed by atoms with van der Waals surface area (Å²) in [7, 11) is 0. The summed E-state index contributed by atoms with van der Waals surface area (Å²) in [5.74, 6) is 0.0396. The van der Waals surface area contributed by atoms with E-state index in [2.05, 4.69) is 20.3 Å². The van der Waals surface area contributed by atoms with Crippen molar-refractivity contribution in [2.24, 2.45) is 0 Å². The van der Waals surface area contributed by atoms with Crippen LogP contribution in [-0.4, -0.2) is 43.9 Å². The lowest BCUT2D eigenvalue weighted by Crippen LogP contribution is -2.36. The number of urea groups is 1. The van der Waals surface area contributed by atoms with Gasteiger partial charge < -0.3 is 15.6 Å². The van der Waals surface area contributed by atoms with E-state index in [0.29, 0.717) is 34.6 Å². The first-order valence-electron chi connectivity index (χ1n) is 11.0. The lowest BCUT2D eigenvalue weighted by molar-refractivity contribution is -0.122. The fourth-order valence-corrected chi connectivity index (χ4v) is 3.65. The molecule has 1 aromatic carbocycles. The number of hydrogen-bond acceptors (Lipinski definition) is 4. The monoisotopic (exact) mass is 484 g/mol. The van der Waals surface area contributed by atoms with E-state index in [1.54, 1.807) is 71.0 Å². The van der Waals surface area contributed by atoms with E-state index in [1.165, 1.54) is 0 Å². The minimum atomic E-state index is -4.49. The van der Waals surface area contributed by atoms with Gasteiger partial charge in [0.2, 0.25) is 0 Å². The number of benzene rings is 1. The number of aromatic amines is 1. The Hall–Kier alpha value is -4.15. The first-order valence-corrected chi connectivity index (χ1v) is 11.0. The van der Waals surface area contributed by atoms with Crippen LogP contribution in [0, 0.1) is 0 Å². The van der Waals surface area contributed by atoms with Gasteiger partial charge in [-0.1, -0.05) is 12.1 Å². The molecular formula is C24H23F3N6O2. The molecule has 0 saturated carbocycles. The largest absolute Gasteiger partial charge is 0.405 e. The average molecular weight is 484 g/mol. The number of unbranched alkanes of at least 4 members (excludes halogenated alkanes) is 1. The molecule has 0 atom stereocenters. The zero-order chi connectivity index (χ0) is 24.8. The number of hydrogen-bond donors (Lipinski definition) is 3. The van der Waals surface area contributed by atoms with Crippen molar-refractivity contribution in [2.75, 3.05) is 11.9 Å². The van der Waals surface area contributed by atoms with Crippen molar-refractivity contribution >= 4 is 23.1 Å². The van der Waals surface area contributed by atoms with Crippen molar-refractivity contribution in [1.82, 2.24) is 24.7 Å². The topological polar surface area (TPSA) is 104 Å². The molecule has 0 radical (unpaired) electrons. The molecule has 0 spiro atoms. The van der Waals surface area contributed by atoms with Gasteiger partial charge in [-0.2, -0.15) is 13.2 Å². The molecule has 0 saturated heterocycles. The molecular weight excluding hydrogens is 461 g/mol. The van der Waals surface area contributed by atoms with Crippen LogP contribution in [0.2, 0.25) is 0 Å². The number of anilines is 1. The first-order chi connectivity index (χ1) is 16.8. The van der Waals surface area contributed by atoms with Crippen molar-refractivity contribution < 1.29 is 22.8 Å². The Kier molecular flexibility index (Phi) is 7.14. The van der Waals surface area contributed by atoms with Crippen molar-refractivity contribution in [3.63, 3.8) is 0 Å². The fraction of sp³-hybridized carbons (Fsp3) is 0.250. The van der Waals surface area contributed by atoms with Crippen LogP contribution in [0.25, 0.3) is 16.9 Å². The molecule has 8 nitrogen and oxygen atoms in total. The van der Waals surface area contributed by atoms with Gasteiger partial charge in [0.25, 0.3) is 0 Å². The Morgan fingerprint density at radius 3 is 2.71 bits per heavy atom. The predicted octanol–water partition coefficient (Wildman–Crippen LogP) is 5.00. The Bertz CT molecular complexity index is 1310. The molecule has 182 valence electrons. The molecule has 2 amide bonds. The van der Waals surface area contributed by atoms with Gasteiger partial charge in [0.15, 0.2) is 5.78 Å². The van der Waals surface area contributed by atoms with E-state index in [0.717, 1.165) is 25.0 Å². The number of nitrogens with zero attached hydrogens (tertiary/aromatic N) is 3. The highest BCUT2D eigenvalue weighted by atomic mass is 19.4. The molecule has 11 heteroatoms. The SMILES string of the molecule is O=C(NCC(F)(F)F)Nc1cccc(-c2cnc3cc(C(=O)CCCCc4cnc[nH]4)ccn23)c1. The highest BCUT2D eigenvalue weighted by Crippen LogP contribution is 2.25. The van der Waals surface area contributed by atoms with Gasteiger partial charge >= 0.3 is 12.2 Å². The summed E-state index contributed by atoms with van der Waals surface area (Å²) in [6.07, 6.45) is 5.23. The zero-order valence-corrected chi connectivity index (χ0v) is 18.6. The van der Waals surface area contributed by atoms with Gasteiger partial charge in [0.1, 0.15) is 12.2 Å². The van der Waals surface area contributed by atoms with Crippen molar-refractivity contribution in [2.45, 2.75) is 31.9 Å². The molecule has 0 aliphatic rings. The number of imidazole rings is 2. The quantitative estimate of drug-likeness (QED) is 0.230. The molecule has 0 aliphatic heterocycles. The van der Waals surface area contributed by atoms with E-state index < -0.39 is 18.8 Å². The van der Waals surface area contributed by atoms with E-state index in [-0.39, 0.29) is 5.78 Å². The average Bonchev–Trinajstić information content (AvgIpc) is 3.49. The molecule has 0 unspecified atom stereocenters. The Balaban J connectivity index is 1.40. The summed E-state index contributed by atoms with van der Waals surface area (Å²) < 4.78 is 38.7. The van der Waals surface area contributed by atoms with Crippen LogP contribution in [0.3, 0.4) is 0 Å². The lowest BCUT2D eigenvalue weighted by atomic mass is 10.1. The number of pyridine rings is 1. The molecule has 0 fully saturated rings. The number of fused-ring (bicyclic) bond motifs is 1. The summed E-state index contributed by atoms with van der Waals surface area (Å²) in [5, 5.41) is 4.16. The summed E-state index contributed by atoms with van der Waals surface area (Å²) >= 11 is 0. The van der Waals surface area contributed by atoms with Crippen LogP contribution < -0.4 is 10.6 Å². The molecule has 3 heterocycles. The number of H-pyrrole nitrogens is 1. The number of carbonyl (C=O) groups excluding carboxylic acids is 2. The molecule has 0 bridgehead atoms. The number of carbonyl (C=O) groups is 2. The number of alkyl halides is 3. The van der Waals surface area contributed by atoms with Crippen LogP contribution in [0.5, 0.6) is 0 Å². The molecule has 4 rings (SSSR count). The maximum Gasteiger partial charge on any atom is 0.405 e. The third-order valence-electron chi connectivity index (χ3n) is 5.36. The van der Waals surface area contributed by atoms with Gasteiger partial charge in [-0.25, -0.2) is 14.8 Å². The van der Waals surface area contributed by atoms with Crippen LogP contribution in [0.1, 0.15) is 35.3 Å². The Morgan fingerprint density at radius 1 is 1.09 bits per heavy atom. The maximum absolute atomic E-state index is 12.6. The second kappa shape index (κ2) is 10.4. The molecule has 35 heavy (non-hydrogen) atoms. The highest BCUT2D eigenvalue weighted by Gasteiger charge is 2.27. The number of ketones is 1. The molecule has 3 N–H and O–H groups in total. The molecule has 3 aromatic heterocycles. The Morgan fingerprint density at radius 2 is 1.94 bits per heavy atom. The van der Waals surface area contributed by atoms with Gasteiger partial charge in [-0.3, -0.25) is 9.20 Å². The van der Waals surface area contributed by atoms with Gasteiger partial charge in [-0.05, 0) is 43.5 Å². The predicted molar refractivity (Wildman–Crippen MR) is 124 cm³/mol. The number of Topliss-reactive ketones (excluding diaryl/α,β-unsaturated/α-hetero) is 1. The highest BCUT2D eigenvalue weighted by molar-refractivity contribution is 5.97. The normalized spacial score (nSPS) is 11.5. The fourth-order valence-electron chi connectivity index (χ4n) is 3.65. The van der Waals surface area contributed by atoms with Crippen molar-refractivity contribution in [3.05, 3.63) is 72.6 Å². The maximum atomic E-state index is 12.6. The van der Waals surface area contributed by atoms with E-state index in [4.69, 9.17) is 0 Å². The van der Waals surface area contributed by atoms with Crippen LogP contribution in [-0.2, 0) is 6.42 Å². The lowest BCUT2D eigenvalue weighted by Gasteiger charge is -2.11. The van der Waals surface area contributed by atoms with Crippen LogP contribution >= 0.6 is 0 Å². The zero-order valence-electron chi connectivity index (χ0n) is 18.6. The second-order valence-corrected chi connectivity index (χ2v) is 8.00. The number of rotatable bonds is 9. The van der Waals surface area contributed by atoms with Gasteiger partial charge in [-0.15, -0.1) is 0 Å². The summed E-state index contributed by atoms with van der Waals surface area (Å²) in [4.78, 5) is 35.8. The van der Waals surface area contributed by atoms with E-state index in [9.17, 15) is 22.8 Å². The summed E-state index contributed by atoms with van der Waals surface area (Å²) in [6.45, 7) is -1.42. The number of halogens is 3. The smallest absolute Gasteiger partial charge is 0.348 e. The first kappa shape index (κ1) is 24.0. The van der Waals surface area contributed by atoms with Crippen molar-refractivity contribution in [1.29, 1.82) is 0 Å². The minimum Gasteiger partial charge on any atom is -0.348 e. The van der Waals surface area contributed by atoms with Gasteiger partial charge in [0.05, 0.1) is 18.2 Å². The van der Waals surface area contributed by atoms with E-state index in [1.807, 2.05) is 0 Å². The molecule has 0 aliphatic carbocycles. The van der Waals surface area contributed by atoms with E-state index >= 15 is 0 Å². The van der Waals surface area contributed by atoms with Crippen molar-refractivity contribution in [3.8, 4) is 11.3 Å². The van der Waals surface area contributed by atoms with Gasteiger partial charge in [0, 0.05) is 41.3 Å². The Labute approximate surface area is 198 Å². The van der Waals surface area contributed by atoms with Crippen LogP contribution in [0.15, 0.2) is 61.3 Å². The summed E-state index contributed by atoms with van der Waals surface area (Å²) in [5.41, 5.74) is 3.95. The third kappa shape index (κ3) is 6.46. The number of amides is 2. The van der Waals surface area contributed by atoms with Crippen LogP contribution in [0.4, 0.5) is 23.7 Å². The minimum absolute atomic E-state index is 0.0396. The number of aromatic nitrogens is 4.